The lowest BCUT2D eigenvalue weighted by atomic mass is 9.93. The summed E-state index contributed by atoms with van der Waals surface area (Å²) in [6.45, 7) is 5.57. The molecule has 0 bridgehead atoms. The Balaban J connectivity index is 1.89. The Labute approximate surface area is 133 Å². The summed E-state index contributed by atoms with van der Waals surface area (Å²) in [5.41, 5.74) is 0.738. The summed E-state index contributed by atoms with van der Waals surface area (Å²) in [6.07, 6.45) is 4.40. The Morgan fingerprint density at radius 2 is 2.14 bits per heavy atom. The van der Waals surface area contributed by atoms with Gasteiger partial charge in [0.25, 0.3) is 5.91 Å². The van der Waals surface area contributed by atoms with Gasteiger partial charge in [-0.05, 0) is 63.4 Å². The Bertz CT molecular complexity index is 468. The molecule has 1 N–H and O–H groups in total. The minimum Gasteiger partial charge on any atom is -0.494 e. The van der Waals surface area contributed by atoms with Gasteiger partial charge in [-0.3, -0.25) is 4.79 Å². The molecule has 1 aromatic carbocycles. The standard InChI is InChI=1S/C18H28N2O2/c1-3-13-22-17-6-4-5-16(14-17)18(21)20-11-8-15(9-12-20)7-10-19-2/h4-6,14-15,19H,3,7-13H2,1-2H3. The van der Waals surface area contributed by atoms with E-state index in [4.69, 9.17) is 4.74 Å². The van der Waals surface area contributed by atoms with Crippen LogP contribution in [-0.2, 0) is 0 Å². The molecular weight excluding hydrogens is 276 g/mol. The van der Waals surface area contributed by atoms with Gasteiger partial charge in [-0.15, -0.1) is 0 Å². The highest BCUT2D eigenvalue weighted by molar-refractivity contribution is 5.94. The van der Waals surface area contributed by atoms with Crippen LogP contribution < -0.4 is 10.1 Å². The highest BCUT2D eigenvalue weighted by Gasteiger charge is 2.23. The molecule has 1 aliphatic rings. The van der Waals surface area contributed by atoms with Gasteiger partial charge < -0.3 is 15.0 Å². The first-order chi connectivity index (χ1) is 10.7. The van der Waals surface area contributed by atoms with E-state index in [1.165, 1.54) is 6.42 Å². The Morgan fingerprint density at radius 1 is 1.36 bits per heavy atom. The fourth-order valence-corrected chi connectivity index (χ4v) is 2.89. The van der Waals surface area contributed by atoms with Crippen molar-refractivity contribution in [2.45, 2.75) is 32.6 Å². The topological polar surface area (TPSA) is 41.6 Å². The number of hydrogen-bond acceptors (Lipinski definition) is 3. The van der Waals surface area contributed by atoms with E-state index < -0.39 is 0 Å². The summed E-state index contributed by atoms with van der Waals surface area (Å²) in [6, 6.07) is 7.56. The van der Waals surface area contributed by atoms with Gasteiger partial charge in [0.1, 0.15) is 5.75 Å². The predicted molar refractivity (Wildman–Crippen MR) is 89.4 cm³/mol. The van der Waals surface area contributed by atoms with Crippen LogP contribution in [0, 0.1) is 5.92 Å². The summed E-state index contributed by atoms with van der Waals surface area (Å²) in [5.74, 6) is 1.67. The van der Waals surface area contributed by atoms with Gasteiger partial charge in [0.15, 0.2) is 0 Å². The summed E-state index contributed by atoms with van der Waals surface area (Å²) >= 11 is 0. The molecule has 1 fully saturated rings. The second kappa shape index (κ2) is 8.79. The molecule has 0 aliphatic carbocycles. The van der Waals surface area contributed by atoms with E-state index in [1.807, 2.05) is 36.2 Å². The van der Waals surface area contributed by atoms with E-state index in [-0.39, 0.29) is 5.91 Å². The van der Waals surface area contributed by atoms with Crippen molar-refractivity contribution in [2.75, 3.05) is 33.3 Å². The third-order valence-electron chi connectivity index (χ3n) is 4.26. The number of hydrogen-bond donors (Lipinski definition) is 1. The van der Waals surface area contributed by atoms with Crippen molar-refractivity contribution in [3.8, 4) is 5.75 Å². The summed E-state index contributed by atoms with van der Waals surface area (Å²) in [5, 5.41) is 3.20. The molecule has 0 aromatic heterocycles. The van der Waals surface area contributed by atoms with Crippen LogP contribution in [0.5, 0.6) is 5.75 Å². The maximum atomic E-state index is 12.6. The van der Waals surface area contributed by atoms with Crippen LogP contribution in [0.3, 0.4) is 0 Å². The molecule has 0 unspecified atom stereocenters. The Hall–Kier alpha value is -1.55. The predicted octanol–water partition coefficient (Wildman–Crippen LogP) is 2.94. The number of rotatable bonds is 7. The molecule has 2 rings (SSSR count). The molecule has 22 heavy (non-hydrogen) atoms. The quantitative estimate of drug-likeness (QED) is 0.842. The molecular formula is C18H28N2O2. The molecule has 4 nitrogen and oxygen atoms in total. The van der Waals surface area contributed by atoms with E-state index in [1.54, 1.807) is 0 Å². The minimum absolute atomic E-state index is 0.133. The van der Waals surface area contributed by atoms with Gasteiger partial charge >= 0.3 is 0 Å². The van der Waals surface area contributed by atoms with Crippen LogP contribution in [-0.4, -0.2) is 44.1 Å². The number of ether oxygens (including phenoxy) is 1. The first kappa shape index (κ1) is 16.8. The molecule has 1 amide bonds. The maximum Gasteiger partial charge on any atom is 0.253 e. The molecule has 1 saturated heterocycles. The molecule has 0 radical (unpaired) electrons. The van der Waals surface area contributed by atoms with Crippen LogP contribution in [0.1, 0.15) is 43.0 Å². The SMILES string of the molecule is CCCOc1cccc(C(=O)N2CCC(CCNC)CC2)c1. The van der Waals surface area contributed by atoms with Crippen molar-refractivity contribution in [1.29, 1.82) is 0 Å². The molecule has 0 saturated carbocycles. The van der Waals surface area contributed by atoms with E-state index in [0.717, 1.165) is 56.1 Å². The highest BCUT2D eigenvalue weighted by atomic mass is 16.5. The summed E-state index contributed by atoms with van der Waals surface area (Å²) in [7, 11) is 1.99. The van der Waals surface area contributed by atoms with Crippen molar-refractivity contribution in [3.63, 3.8) is 0 Å². The number of benzene rings is 1. The number of amides is 1. The van der Waals surface area contributed by atoms with E-state index in [9.17, 15) is 4.79 Å². The van der Waals surface area contributed by atoms with Crippen LogP contribution in [0.15, 0.2) is 24.3 Å². The number of carbonyl (C=O) groups excluding carboxylic acids is 1. The van der Waals surface area contributed by atoms with E-state index in [0.29, 0.717) is 6.61 Å². The number of nitrogens with one attached hydrogen (secondary N) is 1. The second-order valence-electron chi connectivity index (χ2n) is 6.00. The van der Waals surface area contributed by atoms with E-state index in [2.05, 4.69) is 12.2 Å². The lowest BCUT2D eigenvalue weighted by Crippen LogP contribution is -2.38. The molecule has 122 valence electrons. The maximum absolute atomic E-state index is 12.6. The largest absolute Gasteiger partial charge is 0.494 e. The Morgan fingerprint density at radius 3 is 2.82 bits per heavy atom. The van der Waals surface area contributed by atoms with Gasteiger partial charge in [-0.25, -0.2) is 0 Å². The molecule has 4 heteroatoms. The smallest absolute Gasteiger partial charge is 0.253 e. The molecule has 1 aliphatic heterocycles. The number of piperidine rings is 1. The molecule has 1 heterocycles. The first-order valence-electron chi connectivity index (χ1n) is 8.41. The zero-order valence-electron chi connectivity index (χ0n) is 13.8. The fourth-order valence-electron chi connectivity index (χ4n) is 2.89. The van der Waals surface area contributed by atoms with Crippen LogP contribution >= 0.6 is 0 Å². The number of likely N-dealkylation sites (tertiary alicyclic amines) is 1. The lowest BCUT2D eigenvalue weighted by Gasteiger charge is -2.32. The Kier molecular flexibility index (Phi) is 6.72. The third-order valence-corrected chi connectivity index (χ3v) is 4.26. The van der Waals surface area contributed by atoms with E-state index >= 15 is 0 Å². The fraction of sp³-hybridized carbons (Fsp3) is 0.611. The lowest BCUT2D eigenvalue weighted by molar-refractivity contribution is 0.0686. The van der Waals surface area contributed by atoms with Crippen molar-refractivity contribution in [2.24, 2.45) is 5.92 Å². The normalized spacial score (nSPS) is 15.8. The van der Waals surface area contributed by atoms with Crippen molar-refractivity contribution in [1.82, 2.24) is 10.2 Å². The van der Waals surface area contributed by atoms with Crippen molar-refractivity contribution >= 4 is 5.91 Å². The molecule has 1 aromatic rings. The molecule has 0 spiro atoms. The monoisotopic (exact) mass is 304 g/mol. The van der Waals surface area contributed by atoms with Gasteiger partial charge in [0, 0.05) is 18.7 Å². The highest BCUT2D eigenvalue weighted by Crippen LogP contribution is 2.22. The number of nitrogens with zero attached hydrogens (tertiary/aromatic N) is 1. The zero-order valence-corrected chi connectivity index (χ0v) is 13.8. The van der Waals surface area contributed by atoms with Crippen LogP contribution in [0.4, 0.5) is 0 Å². The first-order valence-corrected chi connectivity index (χ1v) is 8.41. The molecule has 0 atom stereocenters. The number of carbonyl (C=O) groups is 1. The van der Waals surface area contributed by atoms with Crippen LogP contribution in [0.2, 0.25) is 0 Å². The minimum atomic E-state index is 0.133. The average Bonchev–Trinajstić information content (AvgIpc) is 2.58. The van der Waals surface area contributed by atoms with Crippen LogP contribution in [0.25, 0.3) is 0 Å². The zero-order chi connectivity index (χ0) is 15.8. The van der Waals surface area contributed by atoms with Crippen molar-refractivity contribution in [3.05, 3.63) is 29.8 Å². The van der Waals surface area contributed by atoms with Crippen molar-refractivity contribution < 1.29 is 9.53 Å². The summed E-state index contributed by atoms with van der Waals surface area (Å²) < 4.78 is 5.62. The van der Waals surface area contributed by atoms with Gasteiger partial charge in [0.05, 0.1) is 6.61 Å². The third kappa shape index (κ3) is 4.73. The van der Waals surface area contributed by atoms with Gasteiger partial charge in [-0.2, -0.15) is 0 Å². The second-order valence-corrected chi connectivity index (χ2v) is 6.00. The van der Waals surface area contributed by atoms with Gasteiger partial charge in [-0.1, -0.05) is 13.0 Å². The van der Waals surface area contributed by atoms with Gasteiger partial charge in [0.2, 0.25) is 0 Å². The summed E-state index contributed by atoms with van der Waals surface area (Å²) in [4.78, 5) is 14.6. The average molecular weight is 304 g/mol.